The van der Waals surface area contributed by atoms with Gasteiger partial charge < -0.3 is 14.8 Å². The minimum absolute atomic E-state index is 0.0111. The Morgan fingerprint density at radius 1 is 1.41 bits per heavy atom. The van der Waals surface area contributed by atoms with Crippen LogP contribution in [-0.2, 0) is 5.41 Å². The first-order chi connectivity index (χ1) is 10.6. The van der Waals surface area contributed by atoms with Gasteiger partial charge in [-0.2, -0.15) is 0 Å². The van der Waals surface area contributed by atoms with E-state index in [9.17, 15) is 9.90 Å². The molecule has 0 bridgehead atoms. The molecular weight excluding hydrogens is 298 g/mol. The Hall–Kier alpha value is -1.59. The fourth-order valence-corrected chi connectivity index (χ4v) is 4.36. The van der Waals surface area contributed by atoms with Crippen LogP contribution in [-0.4, -0.2) is 17.6 Å². The minimum Gasteiger partial charge on any atom is -0.472 e. The molecule has 0 saturated heterocycles. The Kier molecular flexibility index (Phi) is 4.36. The molecule has 0 radical (unpaired) electrons. The van der Waals surface area contributed by atoms with Crippen molar-refractivity contribution in [3.8, 4) is 0 Å². The molecule has 1 saturated carbocycles. The van der Waals surface area contributed by atoms with Crippen molar-refractivity contribution in [2.75, 3.05) is 6.54 Å². The zero-order valence-electron chi connectivity index (χ0n) is 12.7. The summed E-state index contributed by atoms with van der Waals surface area (Å²) in [7, 11) is 0. The molecule has 1 aliphatic rings. The van der Waals surface area contributed by atoms with Crippen LogP contribution in [0.4, 0.5) is 0 Å². The number of hydrogen-bond donors (Lipinski definition) is 2. The smallest absolute Gasteiger partial charge is 0.254 e. The largest absolute Gasteiger partial charge is 0.472 e. The van der Waals surface area contributed by atoms with Crippen LogP contribution in [0.15, 0.2) is 35.1 Å². The van der Waals surface area contributed by atoms with E-state index >= 15 is 0 Å². The first-order valence-corrected chi connectivity index (χ1v) is 8.51. The highest BCUT2D eigenvalue weighted by Gasteiger charge is 2.37. The topological polar surface area (TPSA) is 62.5 Å². The van der Waals surface area contributed by atoms with Gasteiger partial charge in [-0.1, -0.05) is 12.8 Å². The zero-order chi connectivity index (χ0) is 15.6. The monoisotopic (exact) mass is 319 g/mol. The molecule has 2 aromatic rings. The van der Waals surface area contributed by atoms with E-state index in [0.717, 1.165) is 17.7 Å². The van der Waals surface area contributed by atoms with E-state index in [0.29, 0.717) is 12.1 Å². The summed E-state index contributed by atoms with van der Waals surface area (Å²) in [6.45, 7) is 2.42. The lowest BCUT2D eigenvalue weighted by Crippen LogP contribution is -2.38. The molecule has 5 heteroatoms. The summed E-state index contributed by atoms with van der Waals surface area (Å²) >= 11 is 1.67. The van der Waals surface area contributed by atoms with Crippen molar-refractivity contribution < 1.29 is 14.3 Å². The SMILES string of the molecule is C[C@H](O)c1ccc(C2(CNC(=O)c3ccoc3)CCCC2)s1. The van der Waals surface area contributed by atoms with Crippen LogP contribution in [0.1, 0.15) is 58.8 Å². The third kappa shape index (κ3) is 2.96. The lowest BCUT2D eigenvalue weighted by atomic mass is 9.84. The average Bonchev–Trinajstić information content (AvgIpc) is 3.24. The maximum atomic E-state index is 12.1. The molecule has 1 fully saturated rings. The summed E-state index contributed by atoms with van der Waals surface area (Å²) in [5.74, 6) is -0.0904. The first kappa shape index (κ1) is 15.3. The summed E-state index contributed by atoms with van der Waals surface area (Å²) in [6.07, 6.45) is 7.07. The number of aliphatic hydroxyl groups is 1. The molecule has 0 spiro atoms. The number of rotatable bonds is 5. The molecule has 1 atom stereocenters. The van der Waals surface area contributed by atoms with E-state index in [1.165, 1.54) is 30.2 Å². The van der Waals surface area contributed by atoms with E-state index in [1.807, 2.05) is 6.07 Å². The molecule has 1 aliphatic carbocycles. The predicted molar refractivity (Wildman–Crippen MR) is 86.1 cm³/mol. The maximum Gasteiger partial charge on any atom is 0.254 e. The Morgan fingerprint density at radius 2 is 2.18 bits per heavy atom. The molecule has 2 heterocycles. The van der Waals surface area contributed by atoms with Crippen LogP contribution in [0.2, 0.25) is 0 Å². The Morgan fingerprint density at radius 3 is 2.77 bits per heavy atom. The Bertz CT molecular complexity index is 624. The van der Waals surface area contributed by atoms with Crippen molar-refractivity contribution in [2.45, 2.75) is 44.1 Å². The fourth-order valence-electron chi connectivity index (χ4n) is 3.17. The van der Waals surface area contributed by atoms with Gasteiger partial charge in [-0.05, 0) is 38.0 Å². The van der Waals surface area contributed by atoms with E-state index in [1.54, 1.807) is 24.3 Å². The van der Waals surface area contributed by atoms with Crippen molar-refractivity contribution in [1.82, 2.24) is 5.32 Å². The van der Waals surface area contributed by atoms with Gasteiger partial charge in [0.2, 0.25) is 0 Å². The molecule has 4 nitrogen and oxygen atoms in total. The van der Waals surface area contributed by atoms with Crippen molar-refractivity contribution in [3.63, 3.8) is 0 Å². The molecule has 2 N–H and O–H groups in total. The summed E-state index contributed by atoms with van der Waals surface area (Å²) in [5, 5.41) is 12.8. The number of furan rings is 1. The molecule has 22 heavy (non-hydrogen) atoms. The second-order valence-corrected chi connectivity index (χ2v) is 7.18. The van der Waals surface area contributed by atoms with Gasteiger partial charge in [0.05, 0.1) is 17.9 Å². The van der Waals surface area contributed by atoms with Gasteiger partial charge >= 0.3 is 0 Å². The molecule has 1 amide bonds. The van der Waals surface area contributed by atoms with E-state index in [2.05, 4.69) is 11.4 Å². The Labute approximate surface area is 134 Å². The lowest BCUT2D eigenvalue weighted by molar-refractivity contribution is 0.0943. The standard InChI is InChI=1S/C17H21NO3S/c1-12(19)14-4-5-15(22-14)17(7-2-3-8-17)11-18-16(20)13-6-9-21-10-13/h4-6,9-10,12,19H,2-3,7-8,11H2,1H3,(H,18,20)/t12-/m0/s1. The summed E-state index contributed by atoms with van der Waals surface area (Å²) in [5.41, 5.74) is 0.570. The highest BCUT2D eigenvalue weighted by atomic mass is 32.1. The van der Waals surface area contributed by atoms with Crippen molar-refractivity contribution in [1.29, 1.82) is 0 Å². The molecule has 0 aliphatic heterocycles. The van der Waals surface area contributed by atoms with E-state index in [-0.39, 0.29) is 11.3 Å². The van der Waals surface area contributed by atoms with E-state index in [4.69, 9.17) is 4.42 Å². The number of amides is 1. The van der Waals surface area contributed by atoms with Crippen LogP contribution in [0.25, 0.3) is 0 Å². The number of carbonyl (C=O) groups excluding carboxylic acids is 1. The van der Waals surface area contributed by atoms with Gasteiger partial charge in [0.25, 0.3) is 5.91 Å². The van der Waals surface area contributed by atoms with Gasteiger partial charge in [0, 0.05) is 21.7 Å². The summed E-state index contributed by atoms with van der Waals surface area (Å²) in [6, 6.07) is 5.79. The van der Waals surface area contributed by atoms with E-state index < -0.39 is 6.10 Å². The number of thiophene rings is 1. The molecule has 3 rings (SSSR count). The maximum absolute atomic E-state index is 12.1. The van der Waals surface area contributed by atoms with Gasteiger partial charge in [-0.25, -0.2) is 0 Å². The molecule has 0 unspecified atom stereocenters. The van der Waals surface area contributed by atoms with Crippen molar-refractivity contribution >= 4 is 17.2 Å². The van der Waals surface area contributed by atoms with Crippen LogP contribution in [0.5, 0.6) is 0 Å². The molecule has 0 aromatic carbocycles. The highest BCUT2D eigenvalue weighted by Crippen LogP contribution is 2.44. The number of nitrogens with one attached hydrogen (secondary N) is 1. The normalized spacial score (nSPS) is 18.3. The predicted octanol–water partition coefficient (Wildman–Crippen LogP) is 3.64. The highest BCUT2D eigenvalue weighted by molar-refractivity contribution is 7.12. The lowest BCUT2D eigenvalue weighted by Gasteiger charge is -2.28. The fraction of sp³-hybridized carbons (Fsp3) is 0.471. The first-order valence-electron chi connectivity index (χ1n) is 7.69. The quantitative estimate of drug-likeness (QED) is 0.884. The van der Waals surface area contributed by atoms with Gasteiger partial charge in [-0.15, -0.1) is 11.3 Å². The average molecular weight is 319 g/mol. The second-order valence-electron chi connectivity index (χ2n) is 6.06. The zero-order valence-corrected chi connectivity index (χ0v) is 13.5. The van der Waals surface area contributed by atoms with Crippen molar-refractivity contribution in [3.05, 3.63) is 46.0 Å². The van der Waals surface area contributed by atoms with Gasteiger partial charge in [-0.3, -0.25) is 4.79 Å². The van der Waals surface area contributed by atoms with Crippen LogP contribution in [0.3, 0.4) is 0 Å². The molecule has 118 valence electrons. The molecule has 2 aromatic heterocycles. The van der Waals surface area contributed by atoms with Crippen LogP contribution >= 0.6 is 11.3 Å². The number of carbonyl (C=O) groups is 1. The Balaban J connectivity index is 1.75. The second kappa shape index (κ2) is 6.26. The summed E-state index contributed by atoms with van der Waals surface area (Å²) in [4.78, 5) is 14.4. The minimum atomic E-state index is -0.433. The van der Waals surface area contributed by atoms with Gasteiger partial charge in [0.15, 0.2) is 0 Å². The van der Waals surface area contributed by atoms with Crippen LogP contribution < -0.4 is 5.32 Å². The third-order valence-electron chi connectivity index (χ3n) is 4.49. The van der Waals surface area contributed by atoms with Crippen LogP contribution in [0, 0.1) is 0 Å². The molecular formula is C17H21NO3S. The number of aliphatic hydroxyl groups excluding tert-OH is 1. The number of hydrogen-bond acceptors (Lipinski definition) is 4. The summed E-state index contributed by atoms with van der Waals surface area (Å²) < 4.78 is 4.96. The van der Waals surface area contributed by atoms with Gasteiger partial charge in [0.1, 0.15) is 6.26 Å². The van der Waals surface area contributed by atoms with Crippen molar-refractivity contribution in [2.24, 2.45) is 0 Å². The third-order valence-corrected chi connectivity index (χ3v) is 5.99.